The number of nitrogens with one attached hydrogen (secondary N) is 2. The molecule has 0 saturated carbocycles. The van der Waals surface area contributed by atoms with Crippen molar-refractivity contribution in [2.45, 2.75) is 78.8 Å². The van der Waals surface area contributed by atoms with E-state index >= 15 is 0 Å². The van der Waals surface area contributed by atoms with Crippen LogP contribution in [0.25, 0.3) is 0 Å². The number of guanidine groups is 1. The third-order valence-corrected chi connectivity index (χ3v) is 5.62. The zero-order valence-electron chi connectivity index (χ0n) is 18.9. The number of carbonyl (C=O) groups is 1. The van der Waals surface area contributed by atoms with Crippen molar-refractivity contribution in [3.63, 3.8) is 0 Å². The van der Waals surface area contributed by atoms with Crippen LogP contribution in [0.3, 0.4) is 0 Å². The maximum absolute atomic E-state index is 12.5. The number of carbonyl (C=O) groups excluding carboxylic acids is 1. The lowest BCUT2D eigenvalue weighted by Gasteiger charge is -2.33. The average molecular weight is 518 g/mol. The van der Waals surface area contributed by atoms with E-state index in [9.17, 15) is 4.79 Å². The molecule has 2 rings (SSSR count). The summed E-state index contributed by atoms with van der Waals surface area (Å²) in [5.41, 5.74) is 3.57. The Balaban J connectivity index is 0.00000420. The summed E-state index contributed by atoms with van der Waals surface area (Å²) in [4.78, 5) is 19.1. The van der Waals surface area contributed by atoms with Gasteiger partial charge in [0.05, 0.1) is 12.2 Å². The Morgan fingerprint density at radius 1 is 1.34 bits per heavy atom. The number of hydrogen-bond donors (Lipinski definition) is 2. The molecule has 0 spiro atoms. The predicted octanol–water partition coefficient (Wildman–Crippen LogP) is 2.93. The molecule has 0 bridgehead atoms. The minimum atomic E-state index is 0. The van der Waals surface area contributed by atoms with E-state index in [1.807, 2.05) is 16.6 Å². The van der Waals surface area contributed by atoms with E-state index in [2.05, 4.69) is 55.3 Å². The van der Waals surface area contributed by atoms with E-state index < -0.39 is 0 Å². The molecule has 29 heavy (non-hydrogen) atoms. The summed E-state index contributed by atoms with van der Waals surface area (Å²) < 4.78 is 1.93. The molecule has 1 aliphatic heterocycles. The van der Waals surface area contributed by atoms with Gasteiger partial charge in [-0.05, 0) is 65.9 Å². The summed E-state index contributed by atoms with van der Waals surface area (Å²) in [6, 6.07) is 0.583. The van der Waals surface area contributed by atoms with Crippen LogP contribution in [0.4, 0.5) is 0 Å². The summed E-state index contributed by atoms with van der Waals surface area (Å²) in [5.74, 6) is 0.996. The first kappa shape index (κ1) is 25.7. The van der Waals surface area contributed by atoms with Gasteiger partial charge in [-0.1, -0.05) is 0 Å². The summed E-state index contributed by atoms with van der Waals surface area (Å²) in [6.45, 7) is 12.7. The molecule has 1 fully saturated rings. The number of rotatable bonds is 7. The van der Waals surface area contributed by atoms with Gasteiger partial charge in [-0.2, -0.15) is 5.10 Å². The second-order valence-electron chi connectivity index (χ2n) is 7.97. The van der Waals surface area contributed by atoms with Gasteiger partial charge in [0, 0.05) is 44.3 Å². The fourth-order valence-electron chi connectivity index (χ4n) is 3.90. The fraction of sp³-hybridized carbons (Fsp3) is 0.762. The van der Waals surface area contributed by atoms with Crippen LogP contribution in [-0.2, 0) is 18.3 Å². The lowest BCUT2D eigenvalue weighted by Crippen LogP contribution is -2.44. The van der Waals surface area contributed by atoms with E-state index in [4.69, 9.17) is 0 Å². The molecule has 7 nitrogen and oxygen atoms in total. The molecule has 2 unspecified atom stereocenters. The summed E-state index contributed by atoms with van der Waals surface area (Å²) in [5, 5.41) is 11.3. The van der Waals surface area contributed by atoms with Crippen molar-refractivity contribution >= 4 is 35.8 Å². The molecule has 8 heteroatoms. The van der Waals surface area contributed by atoms with Crippen molar-refractivity contribution in [2.24, 2.45) is 12.0 Å². The molecule has 1 aliphatic rings. The Labute approximate surface area is 193 Å². The summed E-state index contributed by atoms with van der Waals surface area (Å²) in [6.07, 6.45) is 4.82. The number of aliphatic imine (C=N–C) groups is 1. The highest BCUT2D eigenvalue weighted by atomic mass is 127. The molecule has 2 heterocycles. The van der Waals surface area contributed by atoms with E-state index in [0.717, 1.165) is 44.0 Å². The Bertz CT molecular complexity index is 687. The van der Waals surface area contributed by atoms with E-state index in [0.29, 0.717) is 19.0 Å². The molecule has 0 radical (unpaired) electrons. The molecular weight excluding hydrogens is 479 g/mol. The van der Waals surface area contributed by atoms with Crippen molar-refractivity contribution in [3.05, 3.63) is 17.0 Å². The highest BCUT2D eigenvalue weighted by molar-refractivity contribution is 14.0. The van der Waals surface area contributed by atoms with Gasteiger partial charge >= 0.3 is 0 Å². The molecule has 1 aromatic rings. The van der Waals surface area contributed by atoms with Crippen LogP contribution in [-0.4, -0.2) is 58.3 Å². The molecule has 1 saturated heterocycles. The van der Waals surface area contributed by atoms with Crippen molar-refractivity contribution in [1.29, 1.82) is 0 Å². The summed E-state index contributed by atoms with van der Waals surface area (Å²) >= 11 is 0. The highest BCUT2D eigenvalue weighted by Gasteiger charge is 2.22. The number of aryl methyl sites for hydroxylation is 2. The predicted molar refractivity (Wildman–Crippen MR) is 130 cm³/mol. The van der Waals surface area contributed by atoms with E-state index in [1.165, 1.54) is 17.7 Å². The van der Waals surface area contributed by atoms with Crippen molar-refractivity contribution in [3.8, 4) is 0 Å². The number of aromatic nitrogens is 2. The van der Waals surface area contributed by atoms with Crippen LogP contribution in [0.2, 0.25) is 0 Å². The average Bonchev–Trinajstić information content (AvgIpc) is 2.88. The lowest BCUT2D eigenvalue weighted by molar-refractivity contribution is -0.134. The number of amides is 1. The Hall–Kier alpha value is -1.32. The third kappa shape index (κ3) is 7.46. The Morgan fingerprint density at radius 2 is 2.07 bits per heavy atom. The van der Waals surface area contributed by atoms with Gasteiger partial charge in [-0.25, -0.2) is 0 Å². The zero-order chi connectivity index (χ0) is 20.7. The second-order valence-corrected chi connectivity index (χ2v) is 7.97. The van der Waals surface area contributed by atoms with E-state index in [-0.39, 0.29) is 35.9 Å². The minimum absolute atomic E-state index is 0. The second kappa shape index (κ2) is 12.4. The largest absolute Gasteiger partial charge is 0.357 e. The SMILES string of the molecule is CCNC(=NCCC(=O)N1CCCCC1C)NC(C)Cc1c(C)nn(C)c1C.I. The fourth-order valence-corrected chi connectivity index (χ4v) is 3.90. The lowest BCUT2D eigenvalue weighted by atomic mass is 10.0. The van der Waals surface area contributed by atoms with Crippen molar-refractivity contribution in [2.75, 3.05) is 19.6 Å². The smallest absolute Gasteiger partial charge is 0.224 e. The van der Waals surface area contributed by atoms with Crippen LogP contribution in [0, 0.1) is 13.8 Å². The molecule has 1 aromatic heterocycles. The zero-order valence-corrected chi connectivity index (χ0v) is 21.2. The van der Waals surface area contributed by atoms with Gasteiger partial charge < -0.3 is 15.5 Å². The normalized spacial score (nSPS) is 18.2. The van der Waals surface area contributed by atoms with Gasteiger partial charge in [-0.3, -0.25) is 14.5 Å². The first-order valence-corrected chi connectivity index (χ1v) is 10.7. The number of piperidine rings is 1. The Morgan fingerprint density at radius 3 is 2.66 bits per heavy atom. The van der Waals surface area contributed by atoms with Crippen LogP contribution < -0.4 is 10.6 Å². The maximum atomic E-state index is 12.5. The number of hydrogen-bond acceptors (Lipinski definition) is 3. The number of nitrogens with zero attached hydrogens (tertiary/aromatic N) is 4. The first-order valence-electron chi connectivity index (χ1n) is 10.7. The number of likely N-dealkylation sites (tertiary alicyclic amines) is 1. The highest BCUT2D eigenvalue weighted by Crippen LogP contribution is 2.17. The molecule has 0 aromatic carbocycles. The van der Waals surface area contributed by atoms with Gasteiger partial charge in [-0.15, -0.1) is 24.0 Å². The van der Waals surface area contributed by atoms with Gasteiger partial charge in [0.15, 0.2) is 5.96 Å². The maximum Gasteiger partial charge on any atom is 0.224 e. The molecule has 2 N–H and O–H groups in total. The van der Waals surface area contributed by atoms with Crippen molar-refractivity contribution < 1.29 is 4.79 Å². The minimum Gasteiger partial charge on any atom is -0.357 e. The topological polar surface area (TPSA) is 74.6 Å². The molecule has 166 valence electrons. The Kier molecular flexibility index (Phi) is 11.0. The summed E-state index contributed by atoms with van der Waals surface area (Å²) in [7, 11) is 1.98. The van der Waals surface area contributed by atoms with Crippen LogP contribution >= 0.6 is 24.0 Å². The van der Waals surface area contributed by atoms with Crippen LogP contribution in [0.15, 0.2) is 4.99 Å². The monoisotopic (exact) mass is 518 g/mol. The molecule has 2 atom stereocenters. The van der Waals surface area contributed by atoms with Crippen LogP contribution in [0.5, 0.6) is 0 Å². The first-order chi connectivity index (χ1) is 13.3. The van der Waals surface area contributed by atoms with E-state index in [1.54, 1.807) is 0 Å². The molecular formula is C21H39IN6O. The molecule has 0 aliphatic carbocycles. The number of halogens is 1. The van der Waals surface area contributed by atoms with Gasteiger partial charge in [0.2, 0.25) is 5.91 Å². The quantitative estimate of drug-likeness (QED) is 0.331. The van der Waals surface area contributed by atoms with Crippen LogP contribution in [0.1, 0.15) is 63.4 Å². The van der Waals surface area contributed by atoms with Crippen molar-refractivity contribution in [1.82, 2.24) is 25.3 Å². The standard InChI is InChI=1S/C21H38N6O.HI/c1-7-22-21(23-12-11-20(28)27-13-9-8-10-16(27)3)24-15(2)14-19-17(4)25-26(6)18(19)5;/h15-16H,7-14H2,1-6H3,(H2,22,23,24);1H. The molecule has 1 amide bonds. The third-order valence-electron chi connectivity index (χ3n) is 5.62. The van der Waals surface area contributed by atoms with Gasteiger partial charge in [0.1, 0.15) is 0 Å². The van der Waals surface area contributed by atoms with Gasteiger partial charge in [0.25, 0.3) is 0 Å².